The minimum Gasteiger partial charge on any atom is -0.496 e. The van der Waals surface area contributed by atoms with E-state index in [9.17, 15) is 9.59 Å². The van der Waals surface area contributed by atoms with Gasteiger partial charge in [-0.15, -0.1) is 0 Å². The van der Waals surface area contributed by atoms with Gasteiger partial charge in [-0.25, -0.2) is 0 Å². The molecule has 27 heavy (non-hydrogen) atoms. The second-order valence-corrected chi connectivity index (χ2v) is 6.94. The van der Waals surface area contributed by atoms with Crippen LogP contribution in [0.5, 0.6) is 5.75 Å². The molecule has 2 aromatic rings. The second-order valence-electron chi connectivity index (χ2n) is 6.94. The first-order valence-electron chi connectivity index (χ1n) is 9.17. The molecular weight excluding hydrogens is 342 g/mol. The summed E-state index contributed by atoms with van der Waals surface area (Å²) < 4.78 is 5.45. The number of pyridine rings is 1. The predicted octanol–water partition coefficient (Wildman–Crippen LogP) is 2.81. The molecule has 0 bridgehead atoms. The monoisotopic (exact) mass is 367 g/mol. The number of aromatic nitrogens is 1. The Kier molecular flexibility index (Phi) is 5.74. The molecule has 1 fully saturated rings. The number of rotatable bonds is 4. The van der Waals surface area contributed by atoms with Crippen LogP contribution in [0.1, 0.15) is 46.0 Å². The summed E-state index contributed by atoms with van der Waals surface area (Å²) in [5, 5.41) is 0. The number of carbonyl (C=O) groups is 2. The summed E-state index contributed by atoms with van der Waals surface area (Å²) in [5.74, 6) is 0.856. The zero-order valence-electron chi connectivity index (χ0n) is 16.0. The third-order valence-electron chi connectivity index (χ3n) is 4.89. The topological polar surface area (TPSA) is 62.7 Å². The molecule has 1 aromatic heterocycles. The highest BCUT2D eigenvalue weighted by Gasteiger charge is 2.27. The maximum absolute atomic E-state index is 12.9. The van der Waals surface area contributed by atoms with Gasteiger partial charge in [0.05, 0.1) is 18.2 Å². The van der Waals surface area contributed by atoms with Gasteiger partial charge >= 0.3 is 0 Å². The van der Waals surface area contributed by atoms with Crippen LogP contribution in [0, 0.1) is 0 Å². The van der Waals surface area contributed by atoms with Crippen LogP contribution >= 0.6 is 0 Å². The van der Waals surface area contributed by atoms with E-state index in [1.807, 2.05) is 18.2 Å². The van der Waals surface area contributed by atoms with Gasteiger partial charge in [0.2, 0.25) is 0 Å². The van der Waals surface area contributed by atoms with Crippen LogP contribution < -0.4 is 4.74 Å². The van der Waals surface area contributed by atoms with Crippen LogP contribution in [-0.2, 0) is 0 Å². The molecule has 0 saturated carbocycles. The van der Waals surface area contributed by atoms with E-state index in [1.165, 1.54) is 0 Å². The average molecular weight is 367 g/mol. The fraction of sp³-hybridized carbons (Fsp3) is 0.381. The maximum atomic E-state index is 12.9. The van der Waals surface area contributed by atoms with Gasteiger partial charge in [0.1, 0.15) is 5.75 Å². The Balaban J connectivity index is 1.67. The molecule has 1 aromatic carbocycles. The first-order chi connectivity index (χ1) is 13.0. The van der Waals surface area contributed by atoms with Crippen molar-refractivity contribution >= 4 is 11.8 Å². The Labute approximate surface area is 159 Å². The van der Waals surface area contributed by atoms with Gasteiger partial charge in [0, 0.05) is 38.6 Å². The van der Waals surface area contributed by atoms with E-state index >= 15 is 0 Å². The molecule has 0 unspecified atom stereocenters. The fourth-order valence-electron chi connectivity index (χ4n) is 3.20. The average Bonchev–Trinajstić information content (AvgIpc) is 2.73. The van der Waals surface area contributed by atoms with E-state index in [0.29, 0.717) is 49.0 Å². The molecule has 6 nitrogen and oxygen atoms in total. The highest BCUT2D eigenvalue weighted by molar-refractivity contribution is 5.97. The lowest BCUT2D eigenvalue weighted by atomic mass is 10.0. The molecule has 1 aliphatic heterocycles. The molecule has 3 rings (SSSR count). The van der Waals surface area contributed by atoms with E-state index in [0.717, 1.165) is 5.56 Å². The molecule has 0 spiro atoms. The standard InChI is InChI=1S/C21H25N3O3/c1-15(2)16-6-7-18(19(13-16)27-3)21(26)24-11-9-23(10-12-24)20(25)17-5-4-8-22-14-17/h4-8,13-15H,9-12H2,1-3H3. The number of methoxy groups -OCH3 is 1. The largest absolute Gasteiger partial charge is 0.496 e. The Morgan fingerprint density at radius 2 is 1.70 bits per heavy atom. The normalized spacial score (nSPS) is 14.4. The Morgan fingerprint density at radius 3 is 2.26 bits per heavy atom. The summed E-state index contributed by atoms with van der Waals surface area (Å²) in [4.78, 5) is 33.0. The molecule has 0 aliphatic carbocycles. The van der Waals surface area contributed by atoms with Gasteiger partial charge in [-0.2, -0.15) is 0 Å². The minimum atomic E-state index is -0.0596. The number of piperazine rings is 1. The van der Waals surface area contributed by atoms with Crippen LogP contribution in [-0.4, -0.2) is 59.9 Å². The molecule has 6 heteroatoms. The quantitative estimate of drug-likeness (QED) is 0.834. The van der Waals surface area contributed by atoms with Crippen LogP contribution in [0.3, 0.4) is 0 Å². The van der Waals surface area contributed by atoms with Gasteiger partial charge in [0.25, 0.3) is 11.8 Å². The molecule has 0 radical (unpaired) electrons. The van der Waals surface area contributed by atoms with E-state index < -0.39 is 0 Å². The van der Waals surface area contributed by atoms with Crippen molar-refractivity contribution in [3.63, 3.8) is 0 Å². The number of amides is 2. The Morgan fingerprint density at radius 1 is 1.04 bits per heavy atom. The molecule has 2 amide bonds. The van der Waals surface area contributed by atoms with Crippen LogP contribution in [0.15, 0.2) is 42.7 Å². The van der Waals surface area contributed by atoms with Crippen molar-refractivity contribution in [1.29, 1.82) is 0 Å². The SMILES string of the molecule is COc1cc(C(C)C)ccc1C(=O)N1CCN(C(=O)c2cccnc2)CC1. The van der Waals surface area contributed by atoms with Gasteiger partial charge in [0.15, 0.2) is 0 Å². The highest BCUT2D eigenvalue weighted by Crippen LogP contribution is 2.26. The lowest BCUT2D eigenvalue weighted by Gasteiger charge is -2.35. The lowest BCUT2D eigenvalue weighted by Crippen LogP contribution is -2.50. The van der Waals surface area contributed by atoms with Gasteiger partial charge in [-0.05, 0) is 35.7 Å². The van der Waals surface area contributed by atoms with E-state index in [1.54, 1.807) is 41.4 Å². The molecule has 1 aliphatic rings. The molecule has 0 atom stereocenters. The number of nitrogens with zero attached hydrogens (tertiary/aromatic N) is 3. The first kappa shape index (κ1) is 18.9. The van der Waals surface area contributed by atoms with Crippen molar-refractivity contribution in [3.8, 4) is 5.75 Å². The number of benzene rings is 1. The zero-order chi connectivity index (χ0) is 19.4. The van der Waals surface area contributed by atoms with Crippen molar-refractivity contribution in [3.05, 3.63) is 59.4 Å². The molecule has 1 saturated heterocycles. The van der Waals surface area contributed by atoms with E-state index in [2.05, 4.69) is 18.8 Å². The molecule has 0 N–H and O–H groups in total. The van der Waals surface area contributed by atoms with Gasteiger partial charge in [-0.1, -0.05) is 19.9 Å². The van der Waals surface area contributed by atoms with E-state index in [-0.39, 0.29) is 11.8 Å². The second kappa shape index (κ2) is 8.20. The van der Waals surface area contributed by atoms with Crippen LogP contribution in [0.25, 0.3) is 0 Å². The lowest BCUT2D eigenvalue weighted by molar-refractivity contribution is 0.0533. The summed E-state index contributed by atoms with van der Waals surface area (Å²) >= 11 is 0. The highest BCUT2D eigenvalue weighted by atomic mass is 16.5. The van der Waals surface area contributed by atoms with Crippen LogP contribution in [0.4, 0.5) is 0 Å². The summed E-state index contributed by atoms with van der Waals surface area (Å²) in [7, 11) is 1.58. The van der Waals surface area contributed by atoms with Crippen LogP contribution in [0.2, 0.25) is 0 Å². The van der Waals surface area contributed by atoms with Gasteiger partial charge in [-0.3, -0.25) is 14.6 Å². The Bertz CT molecular complexity index is 813. The summed E-state index contributed by atoms with van der Waals surface area (Å²) in [6.45, 7) is 6.22. The summed E-state index contributed by atoms with van der Waals surface area (Å²) in [6.07, 6.45) is 3.21. The molecular formula is C21H25N3O3. The third kappa shape index (κ3) is 4.10. The van der Waals surface area contributed by atoms with Crippen molar-refractivity contribution in [2.75, 3.05) is 33.3 Å². The van der Waals surface area contributed by atoms with Crippen molar-refractivity contribution in [1.82, 2.24) is 14.8 Å². The van der Waals surface area contributed by atoms with E-state index in [4.69, 9.17) is 4.74 Å². The minimum absolute atomic E-state index is 0.0472. The molecule has 142 valence electrons. The fourth-order valence-corrected chi connectivity index (χ4v) is 3.20. The summed E-state index contributed by atoms with van der Waals surface area (Å²) in [5.41, 5.74) is 2.27. The van der Waals surface area contributed by atoms with Crippen molar-refractivity contribution in [2.24, 2.45) is 0 Å². The van der Waals surface area contributed by atoms with Crippen molar-refractivity contribution in [2.45, 2.75) is 19.8 Å². The smallest absolute Gasteiger partial charge is 0.257 e. The number of hydrogen-bond donors (Lipinski definition) is 0. The Hall–Kier alpha value is -2.89. The third-order valence-corrected chi connectivity index (χ3v) is 4.89. The predicted molar refractivity (Wildman–Crippen MR) is 103 cm³/mol. The summed E-state index contributed by atoms with van der Waals surface area (Å²) in [6, 6.07) is 9.25. The zero-order valence-corrected chi connectivity index (χ0v) is 16.0. The maximum Gasteiger partial charge on any atom is 0.257 e. The van der Waals surface area contributed by atoms with Crippen molar-refractivity contribution < 1.29 is 14.3 Å². The first-order valence-corrected chi connectivity index (χ1v) is 9.17. The number of ether oxygens (including phenoxy) is 1. The molecule has 2 heterocycles. The number of hydrogen-bond acceptors (Lipinski definition) is 4. The number of carbonyl (C=O) groups excluding carboxylic acids is 2. The van der Waals surface area contributed by atoms with Gasteiger partial charge < -0.3 is 14.5 Å².